The van der Waals surface area contributed by atoms with Crippen molar-refractivity contribution in [3.63, 3.8) is 0 Å². The second-order valence-corrected chi connectivity index (χ2v) is 4.22. The van der Waals surface area contributed by atoms with Crippen molar-refractivity contribution in [2.24, 2.45) is 7.05 Å². The zero-order valence-corrected chi connectivity index (χ0v) is 8.71. The van der Waals surface area contributed by atoms with Gasteiger partial charge in [0.2, 0.25) is 0 Å². The zero-order chi connectivity index (χ0) is 9.59. The molecule has 0 unspecified atom stereocenters. The highest BCUT2D eigenvalue weighted by Crippen LogP contribution is 2.20. The number of hydrogen-bond acceptors (Lipinski definition) is 2. The van der Waals surface area contributed by atoms with Crippen LogP contribution in [-0.4, -0.2) is 9.36 Å². The fourth-order valence-electron chi connectivity index (χ4n) is 1.50. The molecule has 2 rings (SSSR count). The Hall–Kier alpha value is -1.10. The molecule has 13 heavy (non-hydrogen) atoms. The summed E-state index contributed by atoms with van der Waals surface area (Å²) in [6, 6.07) is 2.17. The van der Waals surface area contributed by atoms with E-state index in [1.807, 2.05) is 25.3 Å². The van der Waals surface area contributed by atoms with E-state index >= 15 is 0 Å². The molecular weight excluding hydrogens is 186 g/mol. The van der Waals surface area contributed by atoms with Gasteiger partial charge in [-0.15, -0.1) is 11.3 Å². The van der Waals surface area contributed by atoms with Crippen LogP contribution in [0.3, 0.4) is 0 Å². The van der Waals surface area contributed by atoms with E-state index in [1.165, 1.54) is 0 Å². The van der Waals surface area contributed by atoms with Gasteiger partial charge < -0.3 is 0 Å². The average molecular weight is 198 g/mol. The van der Waals surface area contributed by atoms with Crippen LogP contribution in [0.4, 0.5) is 0 Å². The second kappa shape index (κ2) is 2.70. The van der Waals surface area contributed by atoms with Gasteiger partial charge in [-0.1, -0.05) is 9.36 Å². The molecule has 0 aliphatic rings. The van der Waals surface area contributed by atoms with Crippen molar-refractivity contribution in [3.8, 4) is 0 Å². The lowest BCUT2D eigenvalue weighted by atomic mass is 10.4. The first-order valence-corrected chi connectivity index (χ1v) is 5.08. The van der Waals surface area contributed by atoms with Gasteiger partial charge in [0.25, 0.3) is 4.66 Å². The molecule has 5 heteroatoms. The summed E-state index contributed by atoms with van der Waals surface area (Å²) in [6.45, 7) is 4.01. The zero-order valence-electron chi connectivity index (χ0n) is 7.89. The highest BCUT2D eigenvalue weighted by Gasteiger charge is 2.21. The first kappa shape index (κ1) is 8.50. The van der Waals surface area contributed by atoms with Gasteiger partial charge in [-0.05, 0) is 25.3 Å². The third-order valence-corrected chi connectivity index (χ3v) is 3.06. The van der Waals surface area contributed by atoms with Gasteiger partial charge in [0.05, 0.1) is 18.0 Å². The van der Waals surface area contributed by atoms with Crippen molar-refractivity contribution < 1.29 is 4.66 Å². The number of aromatic nitrogens is 3. The molecule has 0 N–H and O–H groups in total. The van der Waals surface area contributed by atoms with E-state index in [0.717, 1.165) is 15.0 Å². The van der Waals surface area contributed by atoms with Crippen LogP contribution in [0.25, 0.3) is 10.3 Å². The van der Waals surface area contributed by atoms with Gasteiger partial charge in [0.1, 0.15) is 5.52 Å². The second-order valence-electron chi connectivity index (χ2n) is 3.33. The minimum atomic E-state index is 0.191. The summed E-state index contributed by atoms with van der Waals surface area (Å²) in [5.41, 5.74) is 1.01. The maximum absolute atomic E-state index is 11.6. The number of hydrogen-bond donors (Lipinski definition) is 0. The summed E-state index contributed by atoms with van der Waals surface area (Å²) in [4.78, 5) is 12.7. The van der Waals surface area contributed by atoms with Crippen molar-refractivity contribution >= 4 is 21.7 Å². The van der Waals surface area contributed by atoms with Gasteiger partial charge in [0.15, 0.2) is 4.83 Å². The number of thiophene rings is 1. The number of rotatable bonds is 1. The molecule has 0 aliphatic carbocycles. The summed E-state index contributed by atoms with van der Waals surface area (Å²) in [5, 5.41) is 2.00. The molecule has 0 aliphatic heterocycles. The van der Waals surface area contributed by atoms with Crippen LogP contribution in [0.15, 0.2) is 11.4 Å². The molecule has 0 atom stereocenters. The average Bonchev–Trinajstić information content (AvgIpc) is 2.57. The van der Waals surface area contributed by atoms with Crippen LogP contribution in [0.1, 0.15) is 19.9 Å². The van der Waals surface area contributed by atoms with Crippen LogP contribution in [0, 0.1) is 4.91 Å². The molecule has 2 heterocycles. The molecule has 2 aromatic heterocycles. The van der Waals surface area contributed by atoms with Gasteiger partial charge in [-0.3, -0.25) is 0 Å². The molecule has 0 fully saturated rings. The lowest BCUT2D eigenvalue weighted by Gasteiger charge is -1.95. The van der Waals surface area contributed by atoms with Gasteiger partial charge >= 0.3 is 0 Å². The van der Waals surface area contributed by atoms with Crippen LogP contribution in [-0.2, 0) is 7.05 Å². The standard InChI is InChI=1S/C8H12N3OS/c1-6(2)10-7-4-5-13-8(7)9(3)11(10)12/h4-6H,1-3H3/q+1. The lowest BCUT2D eigenvalue weighted by molar-refractivity contribution is -0.676. The predicted octanol–water partition coefficient (Wildman–Crippen LogP) is 1.54. The molecule has 0 amide bonds. The molecule has 0 radical (unpaired) electrons. The van der Waals surface area contributed by atoms with Crippen LogP contribution >= 0.6 is 11.3 Å². The van der Waals surface area contributed by atoms with E-state index in [2.05, 4.69) is 0 Å². The quantitative estimate of drug-likeness (QED) is 0.640. The third-order valence-electron chi connectivity index (χ3n) is 2.10. The van der Waals surface area contributed by atoms with Gasteiger partial charge in [-0.2, -0.15) is 0 Å². The fourth-order valence-corrected chi connectivity index (χ4v) is 2.33. The van der Waals surface area contributed by atoms with Crippen molar-refractivity contribution in [1.82, 2.24) is 9.36 Å². The van der Waals surface area contributed by atoms with Gasteiger partial charge in [-0.25, -0.2) is 0 Å². The summed E-state index contributed by atoms with van der Waals surface area (Å²) >= 11 is 1.59. The topological polar surface area (TPSA) is 32.8 Å². The first-order valence-electron chi connectivity index (χ1n) is 4.20. The van der Waals surface area contributed by atoms with Crippen molar-refractivity contribution in [2.45, 2.75) is 19.9 Å². The lowest BCUT2D eigenvalue weighted by Crippen LogP contribution is -2.36. The van der Waals surface area contributed by atoms with Gasteiger partial charge in [0, 0.05) is 0 Å². The molecule has 0 aromatic carbocycles. The maximum Gasteiger partial charge on any atom is 0.261 e. The smallest absolute Gasteiger partial charge is 0.119 e. The van der Waals surface area contributed by atoms with E-state index in [9.17, 15) is 4.91 Å². The summed E-state index contributed by atoms with van der Waals surface area (Å²) in [5.74, 6) is 0. The highest BCUT2D eigenvalue weighted by molar-refractivity contribution is 7.16. The monoisotopic (exact) mass is 198 g/mol. The molecule has 0 spiro atoms. The number of nitrogens with zero attached hydrogens (tertiary/aromatic N) is 3. The largest absolute Gasteiger partial charge is 0.261 e. The molecular formula is C8H12N3OS+. The summed E-state index contributed by atoms with van der Waals surface area (Å²) in [7, 11) is 1.78. The van der Waals surface area contributed by atoms with E-state index in [1.54, 1.807) is 27.7 Å². The molecule has 0 saturated carbocycles. The molecule has 70 valence electrons. The predicted molar refractivity (Wildman–Crippen MR) is 52.5 cm³/mol. The van der Waals surface area contributed by atoms with E-state index in [4.69, 9.17) is 0 Å². The van der Waals surface area contributed by atoms with Crippen molar-refractivity contribution in [1.29, 1.82) is 0 Å². The minimum Gasteiger partial charge on any atom is -0.119 e. The Kier molecular flexibility index (Phi) is 1.76. The molecule has 0 saturated heterocycles. The SMILES string of the molecule is CC(C)n1c2ccsc2n(C)[n+]1=O. The molecule has 2 aromatic rings. The first-order chi connectivity index (χ1) is 6.13. The Balaban J connectivity index is 2.93. The Morgan fingerprint density at radius 2 is 2.23 bits per heavy atom. The molecule has 0 bridgehead atoms. The Bertz CT molecular complexity index is 491. The number of fused-ring (bicyclic) bond motifs is 1. The van der Waals surface area contributed by atoms with E-state index in [0.29, 0.717) is 0 Å². The Morgan fingerprint density at radius 3 is 2.85 bits per heavy atom. The highest BCUT2D eigenvalue weighted by atomic mass is 32.1. The van der Waals surface area contributed by atoms with Crippen molar-refractivity contribution in [3.05, 3.63) is 16.4 Å². The van der Waals surface area contributed by atoms with Crippen LogP contribution < -0.4 is 4.66 Å². The van der Waals surface area contributed by atoms with Crippen LogP contribution in [0.2, 0.25) is 0 Å². The Labute approximate surface area is 79.6 Å². The third kappa shape index (κ3) is 1.03. The van der Waals surface area contributed by atoms with E-state index < -0.39 is 0 Å². The maximum atomic E-state index is 11.6. The summed E-state index contributed by atoms with van der Waals surface area (Å²) < 4.78 is 4.28. The normalized spacial score (nSPS) is 11.7. The fraction of sp³-hybridized carbons (Fsp3) is 0.500. The van der Waals surface area contributed by atoms with E-state index in [-0.39, 0.29) is 6.04 Å². The molecule has 4 nitrogen and oxygen atoms in total. The van der Waals surface area contributed by atoms with Crippen molar-refractivity contribution in [2.75, 3.05) is 0 Å². The minimum absolute atomic E-state index is 0.191. The Morgan fingerprint density at radius 1 is 1.54 bits per heavy atom. The van der Waals surface area contributed by atoms with Crippen LogP contribution in [0.5, 0.6) is 0 Å². The summed E-state index contributed by atoms with van der Waals surface area (Å²) in [6.07, 6.45) is 0. The number of aryl methyl sites for hydroxylation is 1.